The van der Waals surface area contributed by atoms with Gasteiger partial charge < -0.3 is 25.6 Å². The number of ether oxygens (including phenoxy) is 1. The van der Waals surface area contributed by atoms with E-state index in [1.165, 1.54) is 0 Å². The summed E-state index contributed by atoms with van der Waals surface area (Å²) in [5.41, 5.74) is 5.24. The predicted molar refractivity (Wildman–Crippen MR) is 176 cm³/mol. The smallest absolute Gasteiger partial charge is 0.407 e. The molecule has 0 fully saturated rings. The van der Waals surface area contributed by atoms with Crippen molar-refractivity contribution in [1.82, 2.24) is 15.6 Å². The van der Waals surface area contributed by atoms with Crippen LogP contribution in [0.3, 0.4) is 0 Å². The van der Waals surface area contributed by atoms with Gasteiger partial charge in [-0.25, -0.2) is 9.59 Å². The molecule has 1 heterocycles. The summed E-state index contributed by atoms with van der Waals surface area (Å²) in [5, 5.41) is 26.7. The number of carboxylic acid groups (broad SMARTS) is 1. The molecule has 8 nitrogen and oxygen atoms in total. The van der Waals surface area contributed by atoms with Crippen LogP contribution in [0.4, 0.5) is 9.59 Å². The van der Waals surface area contributed by atoms with E-state index >= 15 is 0 Å². The Balaban J connectivity index is 1.63. The molecular formula is C37H43N3O5. The van der Waals surface area contributed by atoms with E-state index in [1.54, 1.807) is 0 Å². The Hall–Kier alpha value is -4.69. The number of aryl methyl sites for hydroxylation is 1. The van der Waals surface area contributed by atoms with Crippen molar-refractivity contribution >= 4 is 12.2 Å². The molecule has 0 saturated carbocycles. The van der Waals surface area contributed by atoms with E-state index in [4.69, 9.17) is 4.74 Å². The number of nitrogens with one attached hydrogen (secondary N) is 2. The van der Waals surface area contributed by atoms with Gasteiger partial charge in [0.1, 0.15) is 6.61 Å². The van der Waals surface area contributed by atoms with E-state index in [0.29, 0.717) is 0 Å². The van der Waals surface area contributed by atoms with Gasteiger partial charge >= 0.3 is 12.2 Å². The van der Waals surface area contributed by atoms with Crippen molar-refractivity contribution < 1.29 is 24.5 Å². The molecule has 236 valence electrons. The molecule has 1 aromatic heterocycles. The first-order valence-electron chi connectivity index (χ1n) is 15.2. The fourth-order valence-electron chi connectivity index (χ4n) is 5.76. The predicted octanol–water partition coefficient (Wildman–Crippen LogP) is 7.11. The maximum atomic E-state index is 13.2. The third-order valence-electron chi connectivity index (χ3n) is 7.90. The molecule has 1 unspecified atom stereocenters. The van der Waals surface area contributed by atoms with Gasteiger partial charge in [0.15, 0.2) is 0 Å². The number of alkyl carbamates (subject to hydrolysis) is 1. The van der Waals surface area contributed by atoms with Gasteiger partial charge in [-0.15, -0.1) is 0 Å². The molecule has 0 aliphatic carbocycles. The Morgan fingerprint density at radius 2 is 1.44 bits per heavy atom. The van der Waals surface area contributed by atoms with Crippen molar-refractivity contribution in [3.05, 3.63) is 126 Å². The number of carbonyl (C=O) groups excluding carboxylic acids is 1. The maximum Gasteiger partial charge on any atom is 0.407 e. The minimum absolute atomic E-state index is 0.0847. The number of nitrogens with zero attached hydrogens (tertiary/aromatic N) is 1. The van der Waals surface area contributed by atoms with Gasteiger partial charge in [-0.1, -0.05) is 112 Å². The highest BCUT2D eigenvalue weighted by Gasteiger charge is 2.37. The van der Waals surface area contributed by atoms with E-state index in [0.717, 1.165) is 33.5 Å². The molecule has 3 aromatic carbocycles. The van der Waals surface area contributed by atoms with Crippen LogP contribution in [0, 0.1) is 12.3 Å². The average molecular weight is 610 g/mol. The number of aromatic nitrogens is 1. The minimum Gasteiger partial charge on any atom is -0.465 e. The first-order valence-corrected chi connectivity index (χ1v) is 15.2. The summed E-state index contributed by atoms with van der Waals surface area (Å²) >= 11 is 0. The summed E-state index contributed by atoms with van der Waals surface area (Å²) in [6.45, 7) is 8.34. The maximum absolute atomic E-state index is 13.2. The summed E-state index contributed by atoms with van der Waals surface area (Å²) in [6, 6.07) is 29.5. The Morgan fingerprint density at radius 3 is 2.00 bits per heavy atom. The minimum atomic E-state index is -1.23. The molecule has 4 N–H and O–H groups in total. The van der Waals surface area contributed by atoms with E-state index < -0.39 is 30.4 Å². The molecule has 0 saturated heterocycles. The Labute approximate surface area is 265 Å². The molecule has 2 amide bonds. The number of hydrogen-bond donors (Lipinski definition) is 4. The van der Waals surface area contributed by atoms with Gasteiger partial charge in [0, 0.05) is 23.7 Å². The first-order chi connectivity index (χ1) is 21.5. The summed E-state index contributed by atoms with van der Waals surface area (Å²) in [7, 11) is 0. The van der Waals surface area contributed by atoms with Crippen LogP contribution in [0.5, 0.6) is 0 Å². The van der Waals surface area contributed by atoms with Crippen molar-refractivity contribution in [3.63, 3.8) is 0 Å². The van der Waals surface area contributed by atoms with Crippen molar-refractivity contribution in [2.75, 3.05) is 0 Å². The Morgan fingerprint density at radius 1 is 0.822 bits per heavy atom. The summed E-state index contributed by atoms with van der Waals surface area (Å²) in [6.07, 6.45) is -0.743. The molecule has 0 aliphatic heterocycles. The van der Waals surface area contributed by atoms with E-state index in [-0.39, 0.29) is 30.8 Å². The number of amides is 2. The quantitative estimate of drug-likeness (QED) is 0.136. The summed E-state index contributed by atoms with van der Waals surface area (Å²) in [4.78, 5) is 29.5. The molecule has 4 rings (SSSR count). The highest BCUT2D eigenvalue weighted by atomic mass is 16.5. The summed E-state index contributed by atoms with van der Waals surface area (Å²) < 4.78 is 5.60. The molecule has 8 heteroatoms. The van der Waals surface area contributed by atoms with E-state index in [2.05, 4.69) is 36.4 Å². The van der Waals surface area contributed by atoms with Crippen LogP contribution >= 0.6 is 0 Å². The third kappa shape index (κ3) is 9.91. The van der Waals surface area contributed by atoms with Gasteiger partial charge in [0.05, 0.1) is 17.8 Å². The van der Waals surface area contributed by atoms with Gasteiger partial charge in [-0.05, 0) is 53.5 Å². The molecule has 0 spiro atoms. The lowest BCUT2D eigenvalue weighted by atomic mass is 9.70. The number of pyridine rings is 1. The topological polar surface area (TPSA) is 121 Å². The molecule has 4 atom stereocenters. The second kappa shape index (κ2) is 15.3. The molecular weight excluding hydrogens is 566 g/mol. The number of aliphatic hydroxyl groups excluding tert-OH is 1. The third-order valence-corrected chi connectivity index (χ3v) is 7.90. The van der Waals surface area contributed by atoms with Crippen LogP contribution in [0.15, 0.2) is 103 Å². The number of carbonyl (C=O) groups is 2. The van der Waals surface area contributed by atoms with Crippen molar-refractivity contribution in [1.29, 1.82) is 0 Å². The average Bonchev–Trinajstić information content (AvgIpc) is 3.01. The van der Waals surface area contributed by atoms with Gasteiger partial charge in [0.25, 0.3) is 0 Å². The van der Waals surface area contributed by atoms with E-state index in [1.807, 2.05) is 110 Å². The largest absolute Gasteiger partial charge is 0.465 e. The second-order valence-electron chi connectivity index (χ2n) is 12.5. The van der Waals surface area contributed by atoms with Crippen LogP contribution < -0.4 is 10.6 Å². The zero-order valence-electron chi connectivity index (χ0n) is 26.3. The highest BCUT2D eigenvalue weighted by molar-refractivity contribution is 5.68. The molecule has 0 aliphatic rings. The fraction of sp³-hybridized carbons (Fsp3) is 0.324. The lowest BCUT2D eigenvalue weighted by Gasteiger charge is -2.39. The van der Waals surface area contributed by atoms with Crippen molar-refractivity contribution in [2.24, 2.45) is 5.41 Å². The van der Waals surface area contributed by atoms with Gasteiger partial charge in [-0.3, -0.25) is 4.98 Å². The SMILES string of the molecule is Cc1ccc(-c2ccc(C([C@H](C[C@@H](O)[C@H](Cc3ccccc3)NC(=O)O)NC(=O)OCc3ccccc3)C(C)(C)C)cc2)nc1. The number of hydrogen-bond acceptors (Lipinski definition) is 5. The number of aliphatic hydroxyl groups is 1. The molecule has 4 aromatic rings. The number of benzene rings is 3. The lowest BCUT2D eigenvalue weighted by Crippen LogP contribution is -2.50. The highest BCUT2D eigenvalue weighted by Crippen LogP contribution is 2.40. The zero-order chi connectivity index (χ0) is 32.4. The van der Waals surface area contributed by atoms with Crippen LogP contribution in [-0.2, 0) is 17.8 Å². The molecule has 0 bridgehead atoms. The first kappa shape index (κ1) is 33.2. The Kier molecular flexibility index (Phi) is 11.3. The van der Waals surface area contributed by atoms with Gasteiger partial charge in [0.2, 0.25) is 0 Å². The van der Waals surface area contributed by atoms with Crippen molar-refractivity contribution in [2.45, 2.75) is 71.2 Å². The van der Waals surface area contributed by atoms with Crippen LogP contribution in [0.1, 0.15) is 55.4 Å². The monoisotopic (exact) mass is 609 g/mol. The summed E-state index contributed by atoms with van der Waals surface area (Å²) in [5.74, 6) is -0.265. The van der Waals surface area contributed by atoms with Crippen molar-refractivity contribution in [3.8, 4) is 11.3 Å². The molecule has 0 radical (unpaired) electrons. The normalized spacial score (nSPS) is 14.1. The fourth-order valence-corrected chi connectivity index (χ4v) is 5.76. The zero-order valence-corrected chi connectivity index (χ0v) is 26.3. The lowest BCUT2D eigenvalue weighted by molar-refractivity contribution is 0.0824. The standard InChI is InChI=1S/C37H43N3O5/c1-25-15-20-30(38-23-25)28-16-18-29(19-17-28)34(37(2,3)4)32(40-36(44)45-24-27-13-9-6-10-14-27)22-33(41)31(39-35(42)43)21-26-11-7-5-8-12-26/h5-20,23,31-34,39,41H,21-22,24H2,1-4H3,(H,40,44)(H,42,43)/t31-,32-,33+,34?/m0/s1. The van der Waals surface area contributed by atoms with Crippen LogP contribution in [-0.4, -0.2) is 45.6 Å². The second-order valence-corrected chi connectivity index (χ2v) is 12.5. The van der Waals surface area contributed by atoms with Crippen LogP contribution in [0.25, 0.3) is 11.3 Å². The van der Waals surface area contributed by atoms with Gasteiger partial charge in [-0.2, -0.15) is 0 Å². The van der Waals surface area contributed by atoms with Crippen LogP contribution in [0.2, 0.25) is 0 Å². The van der Waals surface area contributed by atoms with E-state index in [9.17, 15) is 19.8 Å². The molecule has 45 heavy (non-hydrogen) atoms. The Bertz CT molecular complexity index is 1500. The number of rotatable bonds is 12.